The van der Waals surface area contributed by atoms with Gasteiger partial charge in [-0.3, -0.25) is 4.79 Å². The van der Waals surface area contributed by atoms with E-state index < -0.39 is 11.4 Å². The molecule has 0 bridgehead atoms. The van der Waals surface area contributed by atoms with E-state index in [4.69, 9.17) is 9.84 Å². The highest BCUT2D eigenvalue weighted by Gasteiger charge is 2.46. The molecule has 2 N–H and O–H groups in total. The van der Waals surface area contributed by atoms with Gasteiger partial charge in [-0.15, -0.1) is 11.3 Å². The predicted molar refractivity (Wildman–Crippen MR) is 61.4 cm³/mol. The van der Waals surface area contributed by atoms with Gasteiger partial charge < -0.3 is 15.2 Å². The van der Waals surface area contributed by atoms with E-state index in [1.807, 2.05) is 11.4 Å². The maximum atomic E-state index is 11.0. The number of carboxylic acid groups (broad SMARTS) is 1. The number of anilines is 1. The molecule has 1 aromatic rings. The van der Waals surface area contributed by atoms with Crippen LogP contribution in [0, 0.1) is 5.41 Å². The lowest BCUT2D eigenvalue weighted by Gasteiger charge is -2.37. The Balaban J connectivity index is 1.95. The zero-order valence-electron chi connectivity index (χ0n) is 7.83. The molecule has 0 radical (unpaired) electrons. The van der Waals surface area contributed by atoms with Crippen LogP contribution in [-0.4, -0.2) is 30.8 Å². The van der Waals surface area contributed by atoms with Crippen LogP contribution in [0.2, 0.25) is 0 Å². The SMILES string of the molecule is O=C(O)C1(CNc2cc(Br)cs2)COC1. The van der Waals surface area contributed by atoms with E-state index in [1.165, 1.54) is 0 Å². The molecular formula is C9H10BrNO3S. The van der Waals surface area contributed by atoms with Gasteiger partial charge in [-0.25, -0.2) is 0 Å². The van der Waals surface area contributed by atoms with Crippen LogP contribution in [0.15, 0.2) is 15.9 Å². The lowest BCUT2D eigenvalue weighted by atomic mass is 9.86. The average molecular weight is 292 g/mol. The summed E-state index contributed by atoms with van der Waals surface area (Å²) in [6.45, 7) is 0.999. The number of ether oxygens (including phenoxy) is 1. The molecule has 0 aliphatic carbocycles. The molecule has 0 unspecified atom stereocenters. The van der Waals surface area contributed by atoms with E-state index in [0.29, 0.717) is 19.8 Å². The number of hydrogen-bond acceptors (Lipinski definition) is 4. The van der Waals surface area contributed by atoms with Crippen LogP contribution < -0.4 is 5.32 Å². The molecule has 82 valence electrons. The fourth-order valence-electron chi connectivity index (χ4n) is 1.31. The fourth-order valence-corrected chi connectivity index (χ4v) is 2.63. The van der Waals surface area contributed by atoms with Gasteiger partial charge in [-0.05, 0) is 22.0 Å². The van der Waals surface area contributed by atoms with Gasteiger partial charge in [0.25, 0.3) is 0 Å². The minimum Gasteiger partial charge on any atom is -0.481 e. The third-order valence-electron chi connectivity index (χ3n) is 2.38. The molecule has 0 amide bonds. The van der Waals surface area contributed by atoms with Crippen molar-refractivity contribution in [2.75, 3.05) is 25.1 Å². The molecule has 1 saturated heterocycles. The Morgan fingerprint density at radius 1 is 1.73 bits per heavy atom. The van der Waals surface area contributed by atoms with Crippen LogP contribution >= 0.6 is 27.3 Å². The van der Waals surface area contributed by atoms with Gasteiger partial charge in [0.15, 0.2) is 0 Å². The molecule has 6 heteroatoms. The second kappa shape index (κ2) is 4.11. The first kappa shape index (κ1) is 10.9. The van der Waals surface area contributed by atoms with Crippen molar-refractivity contribution in [3.05, 3.63) is 15.9 Å². The summed E-state index contributed by atoms with van der Waals surface area (Å²) >= 11 is 4.89. The molecule has 2 heterocycles. The van der Waals surface area contributed by atoms with Crippen LogP contribution in [-0.2, 0) is 9.53 Å². The number of halogens is 1. The third-order valence-corrected chi connectivity index (χ3v) is 4.03. The Hall–Kier alpha value is -0.590. The summed E-state index contributed by atoms with van der Waals surface area (Å²) in [5.74, 6) is -0.795. The molecular weight excluding hydrogens is 282 g/mol. The fraction of sp³-hybridized carbons (Fsp3) is 0.444. The van der Waals surface area contributed by atoms with Gasteiger partial charge >= 0.3 is 5.97 Å². The monoisotopic (exact) mass is 291 g/mol. The van der Waals surface area contributed by atoms with Crippen molar-refractivity contribution < 1.29 is 14.6 Å². The lowest BCUT2D eigenvalue weighted by molar-refractivity contribution is -0.176. The van der Waals surface area contributed by atoms with E-state index in [-0.39, 0.29) is 0 Å². The maximum absolute atomic E-state index is 11.0. The molecule has 15 heavy (non-hydrogen) atoms. The van der Waals surface area contributed by atoms with E-state index in [0.717, 1.165) is 9.47 Å². The number of aliphatic carboxylic acids is 1. The Morgan fingerprint density at radius 2 is 2.47 bits per heavy atom. The highest BCUT2D eigenvalue weighted by Crippen LogP contribution is 2.30. The molecule has 0 aromatic carbocycles. The normalized spacial score (nSPS) is 18.2. The number of carboxylic acids is 1. The van der Waals surface area contributed by atoms with Crippen molar-refractivity contribution in [3.63, 3.8) is 0 Å². The number of carbonyl (C=O) groups is 1. The summed E-state index contributed by atoms with van der Waals surface area (Å²) in [7, 11) is 0. The lowest BCUT2D eigenvalue weighted by Crippen LogP contribution is -2.53. The van der Waals surface area contributed by atoms with Gasteiger partial charge in [-0.2, -0.15) is 0 Å². The third kappa shape index (κ3) is 2.16. The van der Waals surface area contributed by atoms with E-state index >= 15 is 0 Å². The van der Waals surface area contributed by atoms with Gasteiger partial charge in [-0.1, -0.05) is 0 Å². The van der Waals surface area contributed by atoms with E-state index in [9.17, 15) is 4.79 Å². The molecule has 0 atom stereocenters. The molecule has 1 aliphatic heterocycles. The Labute approximate surface area is 99.4 Å². The first-order valence-electron chi connectivity index (χ1n) is 4.41. The summed E-state index contributed by atoms with van der Waals surface area (Å²) in [4.78, 5) is 11.0. The Kier molecular flexibility index (Phi) is 2.99. The molecule has 4 nitrogen and oxygen atoms in total. The number of hydrogen-bond donors (Lipinski definition) is 2. The zero-order chi connectivity index (χ0) is 10.9. The van der Waals surface area contributed by atoms with E-state index in [2.05, 4.69) is 21.2 Å². The molecule has 2 rings (SSSR count). The topological polar surface area (TPSA) is 58.6 Å². The zero-order valence-corrected chi connectivity index (χ0v) is 10.2. The summed E-state index contributed by atoms with van der Waals surface area (Å²) in [5, 5.41) is 15.1. The van der Waals surface area contributed by atoms with Crippen LogP contribution in [0.25, 0.3) is 0 Å². The van der Waals surface area contributed by atoms with E-state index in [1.54, 1.807) is 11.3 Å². The molecule has 1 aromatic heterocycles. The summed E-state index contributed by atoms with van der Waals surface area (Å²) in [6.07, 6.45) is 0. The van der Waals surface area contributed by atoms with Crippen LogP contribution in [0.3, 0.4) is 0 Å². The van der Waals surface area contributed by atoms with Gasteiger partial charge in [0.2, 0.25) is 0 Å². The summed E-state index contributed by atoms with van der Waals surface area (Å²) in [5.41, 5.74) is -0.740. The Bertz CT molecular complexity index is 375. The standard InChI is InChI=1S/C9H10BrNO3S/c10-6-1-7(15-2-6)11-3-9(8(12)13)4-14-5-9/h1-2,11H,3-5H2,(H,12,13). The summed E-state index contributed by atoms with van der Waals surface area (Å²) in [6, 6.07) is 1.93. The summed E-state index contributed by atoms with van der Waals surface area (Å²) < 4.78 is 5.97. The van der Waals surface area contributed by atoms with Crippen molar-refractivity contribution >= 4 is 38.2 Å². The van der Waals surface area contributed by atoms with Crippen molar-refractivity contribution in [1.29, 1.82) is 0 Å². The Morgan fingerprint density at radius 3 is 2.87 bits per heavy atom. The predicted octanol–water partition coefficient (Wildman–Crippen LogP) is 2.02. The van der Waals surface area contributed by atoms with Crippen molar-refractivity contribution in [3.8, 4) is 0 Å². The highest BCUT2D eigenvalue weighted by molar-refractivity contribution is 9.10. The molecule has 1 aliphatic rings. The quantitative estimate of drug-likeness (QED) is 0.891. The largest absolute Gasteiger partial charge is 0.481 e. The van der Waals surface area contributed by atoms with Gasteiger partial charge in [0.05, 0.1) is 18.2 Å². The number of nitrogens with one attached hydrogen (secondary N) is 1. The van der Waals surface area contributed by atoms with Crippen LogP contribution in [0.1, 0.15) is 0 Å². The van der Waals surface area contributed by atoms with Gasteiger partial charge in [0.1, 0.15) is 5.41 Å². The first-order chi connectivity index (χ1) is 7.12. The second-order valence-corrected chi connectivity index (χ2v) is 5.39. The minimum absolute atomic E-state index is 0.294. The van der Waals surface area contributed by atoms with Crippen LogP contribution in [0.4, 0.5) is 5.00 Å². The van der Waals surface area contributed by atoms with Crippen molar-refractivity contribution in [2.24, 2.45) is 5.41 Å². The van der Waals surface area contributed by atoms with Gasteiger partial charge in [0, 0.05) is 16.4 Å². The average Bonchev–Trinajstić information content (AvgIpc) is 2.49. The second-order valence-electron chi connectivity index (χ2n) is 3.56. The first-order valence-corrected chi connectivity index (χ1v) is 6.09. The molecule has 0 spiro atoms. The smallest absolute Gasteiger partial charge is 0.316 e. The number of thiophene rings is 1. The molecule has 0 saturated carbocycles. The van der Waals surface area contributed by atoms with Crippen molar-refractivity contribution in [1.82, 2.24) is 0 Å². The molecule has 1 fully saturated rings. The maximum Gasteiger partial charge on any atom is 0.316 e. The van der Waals surface area contributed by atoms with Crippen molar-refractivity contribution in [2.45, 2.75) is 0 Å². The minimum atomic E-state index is -0.795. The number of rotatable bonds is 4. The van der Waals surface area contributed by atoms with Crippen LogP contribution in [0.5, 0.6) is 0 Å². The highest BCUT2D eigenvalue weighted by atomic mass is 79.9.